The first-order valence-electron chi connectivity index (χ1n) is 10.6. The molecule has 6 heteroatoms. The largest absolute Gasteiger partial charge is 0.356 e. The topological polar surface area (TPSA) is 66.5 Å². The van der Waals surface area contributed by atoms with Crippen LogP contribution in [-0.2, 0) is 21.2 Å². The number of hydrogen-bond donors (Lipinski definition) is 1. The Morgan fingerprint density at radius 3 is 2.46 bits per heavy atom. The highest BCUT2D eigenvalue weighted by Crippen LogP contribution is 2.28. The van der Waals surface area contributed by atoms with E-state index in [9.17, 15) is 13.2 Å². The standard InChI is InChI=1S/C22H38N2O3S/c1-6-9-13-19(7-2)17-23-21(25)15-11-16-24(28(5,26)27)22-18(4)12-10-14-20(22)8-3/h10,12,14,19H,6-9,11,13,15-17H2,1-5H3,(H,23,25)/t19-/m1/s1. The van der Waals surface area contributed by atoms with Gasteiger partial charge in [0.15, 0.2) is 0 Å². The van der Waals surface area contributed by atoms with Crippen LogP contribution in [0.15, 0.2) is 18.2 Å². The molecule has 160 valence electrons. The number of nitrogens with zero attached hydrogens (tertiary/aromatic N) is 1. The zero-order valence-corrected chi connectivity index (χ0v) is 19.1. The number of carbonyl (C=O) groups excluding carboxylic acids is 1. The summed E-state index contributed by atoms with van der Waals surface area (Å²) in [5, 5.41) is 3.02. The molecule has 1 amide bonds. The minimum atomic E-state index is -3.41. The van der Waals surface area contributed by atoms with Crippen molar-refractivity contribution in [3.8, 4) is 0 Å². The van der Waals surface area contributed by atoms with Gasteiger partial charge in [-0.05, 0) is 43.2 Å². The summed E-state index contributed by atoms with van der Waals surface area (Å²) in [4.78, 5) is 12.2. The molecule has 28 heavy (non-hydrogen) atoms. The zero-order chi connectivity index (χ0) is 21.2. The van der Waals surface area contributed by atoms with Gasteiger partial charge < -0.3 is 5.32 Å². The van der Waals surface area contributed by atoms with Gasteiger partial charge in [-0.3, -0.25) is 9.10 Å². The predicted molar refractivity (Wildman–Crippen MR) is 118 cm³/mol. The van der Waals surface area contributed by atoms with Gasteiger partial charge >= 0.3 is 0 Å². The third-order valence-corrected chi connectivity index (χ3v) is 6.41. The first kappa shape index (κ1) is 24.5. The van der Waals surface area contributed by atoms with Gasteiger partial charge in [-0.15, -0.1) is 0 Å². The third-order valence-electron chi connectivity index (χ3n) is 5.25. The van der Waals surface area contributed by atoms with Gasteiger partial charge in [0.1, 0.15) is 0 Å². The molecule has 1 rings (SSSR count). The number of rotatable bonds is 13. The number of aryl methyl sites for hydroxylation is 2. The van der Waals surface area contributed by atoms with E-state index in [-0.39, 0.29) is 5.91 Å². The second-order valence-corrected chi connectivity index (χ2v) is 9.50. The van der Waals surface area contributed by atoms with Crippen LogP contribution < -0.4 is 9.62 Å². The van der Waals surface area contributed by atoms with Crippen LogP contribution >= 0.6 is 0 Å². The van der Waals surface area contributed by atoms with Crippen LogP contribution in [0.25, 0.3) is 0 Å². The molecule has 5 nitrogen and oxygen atoms in total. The van der Waals surface area contributed by atoms with Gasteiger partial charge in [0, 0.05) is 19.5 Å². The maximum Gasteiger partial charge on any atom is 0.232 e. The van der Waals surface area contributed by atoms with Gasteiger partial charge in [0.25, 0.3) is 0 Å². The molecule has 0 fully saturated rings. The van der Waals surface area contributed by atoms with Crippen molar-refractivity contribution < 1.29 is 13.2 Å². The molecule has 0 saturated heterocycles. The van der Waals surface area contributed by atoms with Gasteiger partial charge in [0.2, 0.25) is 15.9 Å². The van der Waals surface area contributed by atoms with Crippen molar-refractivity contribution in [2.24, 2.45) is 5.92 Å². The molecular formula is C22H38N2O3S. The Morgan fingerprint density at radius 1 is 1.18 bits per heavy atom. The summed E-state index contributed by atoms with van der Waals surface area (Å²) < 4.78 is 26.3. The van der Waals surface area contributed by atoms with E-state index in [2.05, 4.69) is 19.2 Å². The van der Waals surface area contributed by atoms with Crippen molar-refractivity contribution in [2.75, 3.05) is 23.7 Å². The van der Waals surface area contributed by atoms with Gasteiger partial charge in [0.05, 0.1) is 11.9 Å². The molecular weight excluding hydrogens is 372 g/mol. The average molecular weight is 411 g/mol. The predicted octanol–water partition coefficient (Wildman–Crippen LogP) is 4.44. The summed E-state index contributed by atoms with van der Waals surface area (Å²) in [6.45, 7) is 9.32. The Hall–Kier alpha value is -1.56. The SMILES string of the molecule is CCCC[C@@H](CC)CNC(=O)CCCN(c1c(C)cccc1CC)S(C)(=O)=O. The quantitative estimate of drug-likeness (QED) is 0.523. The van der Waals surface area contributed by atoms with Crippen LogP contribution in [0, 0.1) is 12.8 Å². The molecule has 1 N–H and O–H groups in total. The van der Waals surface area contributed by atoms with E-state index in [1.54, 1.807) is 0 Å². The number of sulfonamides is 1. The highest BCUT2D eigenvalue weighted by Gasteiger charge is 2.21. The molecule has 0 saturated carbocycles. The summed E-state index contributed by atoms with van der Waals surface area (Å²) in [6.07, 6.45) is 7.40. The average Bonchev–Trinajstić information content (AvgIpc) is 2.64. The number of amides is 1. The van der Waals surface area contributed by atoms with Gasteiger partial charge in [-0.1, -0.05) is 58.2 Å². The van der Waals surface area contributed by atoms with E-state index in [1.165, 1.54) is 23.4 Å². The fraction of sp³-hybridized carbons (Fsp3) is 0.682. The number of benzene rings is 1. The van der Waals surface area contributed by atoms with E-state index in [0.29, 0.717) is 31.8 Å². The van der Waals surface area contributed by atoms with Crippen molar-refractivity contribution in [3.05, 3.63) is 29.3 Å². The fourth-order valence-corrected chi connectivity index (χ4v) is 4.53. The van der Waals surface area contributed by atoms with Crippen LogP contribution in [0.4, 0.5) is 5.69 Å². The highest BCUT2D eigenvalue weighted by molar-refractivity contribution is 7.92. The van der Waals surface area contributed by atoms with E-state index in [1.807, 2.05) is 32.0 Å². The zero-order valence-electron chi connectivity index (χ0n) is 18.3. The summed E-state index contributed by atoms with van der Waals surface area (Å²) in [5.74, 6) is 0.527. The molecule has 0 aromatic heterocycles. The Kier molecular flexibility index (Phi) is 10.6. The Morgan fingerprint density at radius 2 is 1.89 bits per heavy atom. The van der Waals surface area contributed by atoms with Crippen LogP contribution in [0.1, 0.15) is 70.4 Å². The molecule has 0 heterocycles. The fourth-order valence-electron chi connectivity index (χ4n) is 3.48. The Labute approximate surface area is 172 Å². The third kappa shape index (κ3) is 7.82. The number of anilines is 1. The van der Waals surface area contributed by atoms with Crippen molar-refractivity contribution in [1.82, 2.24) is 5.32 Å². The minimum absolute atomic E-state index is 0.00361. The minimum Gasteiger partial charge on any atom is -0.356 e. The normalized spacial score (nSPS) is 12.6. The Balaban J connectivity index is 2.68. The molecule has 0 bridgehead atoms. The molecule has 0 unspecified atom stereocenters. The molecule has 0 aliphatic carbocycles. The first-order valence-corrected chi connectivity index (χ1v) is 12.4. The maximum absolute atomic E-state index is 12.4. The smallest absolute Gasteiger partial charge is 0.232 e. The van der Waals surface area contributed by atoms with Crippen LogP contribution in [-0.4, -0.2) is 33.7 Å². The maximum atomic E-state index is 12.4. The molecule has 1 atom stereocenters. The van der Waals surface area contributed by atoms with E-state index in [0.717, 1.165) is 36.1 Å². The number of para-hydroxylation sites is 1. The molecule has 0 spiro atoms. The van der Waals surface area contributed by atoms with Gasteiger partial charge in [-0.2, -0.15) is 0 Å². The molecule has 0 aliphatic rings. The van der Waals surface area contributed by atoms with Crippen molar-refractivity contribution in [3.63, 3.8) is 0 Å². The van der Waals surface area contributed by atoms with Crippen molar-refractivity contribution in [1.29, 1.82) is 0 Å². The molecule has 1 aromatic carbocycles. The van der Waals surface area contributed by atoms with Crippen LogP contribution in [0.5, 0.6) is 0 Å². The van der Waals surface area contributed by atoms with Crippen molar-refractivity contribution in [2.45, 2.75) is 72.6 Å². The Bertz CT molecular complexity index is 716. The molecule has 0 radical (unpaired) electrons. The lowest BCUT2D eigenvalue weighted by Gasteiger charge is -2.26. The van der Waals surface area contributed by atoms with E-state index in [4.69, 9.17) is 0 Å². The summed E-state index contributed by atoms with van der Waals surface area (Å²) in [5.41, 5.74) is 2.71. The van der Waals surface area contributed by atoms with Crippen molar-refractivity contribution >= 4 is 21.6 Å². The molecule has 1 aromatic rings. The number of hydrogen-bond acceptors (Lipinski definition) is 3. The van der Waals surface area contributed by atoms with E-state index >= 15 is 0 Å². The first-order chi connectivity index (χ1) is 13.2. The molecule has 0 aliphatic heterocycles. The van der Waals surface area contributed by atoms with Crippen LogP contribution in [0.3, 0.4) is 0 Å². The monoisotopic (exact) mass is 410 g/mol. The summed E-state index contributed by atoms with van der Waals surface area (Å²) in [6, 6.07) is 5.85. The lowest BCUT2D eigenvalue weighted by molar-refractivity contribution is -0.121. The lowest BCUT2D eigenvalue weighted by atomic mass is 9.99. The number of nitrogens with one attached hydrogen (secondary N) is 1. The lowest BCUT2D eigenvalue weighted by Crippen LogP contribution is -2.34. The van der Waals surface area contributed by atoms with E-state index < -0.39 is 10.0 Å². The summed E-state index contributed by atoms with van der Waals surface area (Å²) in [7, 11) is -3.41. The second kappa shape index (κ2) is 12.1. The van der Waals surface area contributed by atoms with Gasteiger partial charge in [-0.25, -0.2) is 8.42 Å². The second-order valence-electron chi connectivity index (χ2n) is 7.60. The highest BCUT2D eigenvalue weighted by atomic mass is 32.2. The van der Waals surface area contributed by atoms with Crippen LogP contribution in [0.2, 0.25) is 0 Å². The number of unbranched alkanes of at least 4 members (excludes halogenated alkanes) is 1. The number of carbonyl (C=O) groups is 1. The summed E-state index contributed by atoms with van der Waals surface area (Å²) >= 11 is 0.